The molecule has 27 heavy (non-hydrogen) atoms. The summed E-state index contributed by atoms with van der Waals surface area (Å²) < 4.78 is 43.3. The average Bonchev–Trinajstić information content (AvgIpc) is 3.05. The van der Waals surface area contributed by atoms with Crippen molar-refractivity contribution in [3.8, 4) is 22.8 Å². The van der Waals surface area contributed by atoms with Gasteiger partial charge in [-0.2, -0.15) is 18.2 Å². The highest BCUT2D eigenvalue weighted by Gasteiger charge is 2.39. The van der Waals surface area contributed by atoms with Crippen LogP contribution < -0.4 is 5.32 Å². The number of alkyl halides is 3. The molecule has 138 valence electrons. The van der Waals surface area contributed by atoms with E-state index in [1.54, 1.807) is 35.6 Å². The number of rotatable bonds is 4. The van der Waals surface area contributed by atoms with Crippen LogP contribution >= 0.6 is 0 Å². The Kier molecular flexibility index (Phi) is 4.63. The Hall–Kier alpha value is -3.69. The van der Waals surface area contributed by atoms with Gasteiger partial charge < -0.3 is 4.42 Å². The third-order valence-electron chi connectivity index (χ3n) is 3.48. The summed E-state index contributed by atoms with van der Waals surface area (Å²) in [6.45, 7) is 0. The van der Waals surface area contributed by atoms with Crippen LogP contribution in [0.2, 0.25) is 0 Å². The first kappa shape index (κ1) is 18.1. The Morgan fingerprint density at radius 3 is 2.22 bits per heavy atom. The van der Waals surface area contributed by atoms with Crippen LogP contribution in [-0.2, 0) is 4.79 Å². The Bertz CT molecular complexity index is 983. The Balaban J connectivity index is 2.04. The molecule has 0 saturated heterocycles. The summed E-state index contributed by atoms with van der Waals surface area (Å²) in [7, 11) is 0. The minimum atomic E-state index is -5.10. The van der Waals surface area contributed by atoms with E-state index in [9.17, 15) is 28.1 Å². The normalized spacial score (nSPS) is 11.2. The molecule has 3 rings (SSSR count). The summed E-state index contributed by atoms with van der Waals surface area (Å²) in [5.74, 6) is -2.76. The maximum absolute atomic E-state index is 12.6. The summed E-state index contributed by atoms with van der Waals surface area (Å²) in [5.41, 5.74) is 0.528. The van der Waals surface area contributed by atoms with E-state index in [1.807, 2.05) is 0 Å². The fourth-order valence-corrected chi connectivity index (χ4v) is 2.22. The first-order valence-electron chi connectivity index (χ1n) is 7.45. The van der Waals surface area contributed by atoms with E-state index in [0.29, 0.717) is 11.1 Å². The number of amides is 1. The van der Waals surface area contributed by atoms with Crippen LogP contribution in [0.15, 0.2) is 59.0 Å². The number of nitrogens with one attached hydrogen (secondary N) is 1. The molecule has 0 aliphatic rings. The highest BCUT2D eigenvalue weighted by atomic mass is 19.4. The molecule has 0 saturated carbocycles. The number of nitrogens with zero attached hydrogens (tertiary/aromatic N) is 2. The number of hydrogen-bond acceptors (Lipinski definition) is 5. The number of carbonyl (C=O) groups excluding carboxylic acids is 1. The van der Waals surface area contributed by atoms with Crippen molar-refractivity contribution in [2.24, 2.45) is 0 Å². The lowest BCUT2D eigenvalue weighted by molar-refractivity contribution is -0.384. The van der Waals surface area contributed by atoms with Gasteiger partial charge in [0.25, 0.3) is 5.69 Å². The standard InChI is InChI=1S/C17H10F3N3O4/c18-17(19,20)16(24)22-14-13(10-4-2-1-3-5-10)27-15(21-14)11-6-8-12(9-7-11)23(25)26/h1-9H,(H,22,24). The van der Waals surface area contributed by atoms with Gasteiger partial charge in [-0.3, -0.25) is 20.2 Å². The van der Waals surface area contributed by atoms with Crippen LogP contribution in [0, 0.1) is 10.1 Å². The number of carbonyl (C=O) groups is 1. The Morgan fingerprint density at radius 2 is 1.67 bits per heavy atom. The van der Waals surface area contributed by atoms with E-state index in [2.05, 4.69) is 4.98 Å². The van der Waals surface area contributed by atoms with Gasteiger partial charge in [0.05, 0.1) is 4.92 Å². The Morgan fingerprint density at radius 1 is 1.04 bits per heavy atom. The van der Waals surface area contributed by atoms with Crippen LogP contribution in [0.4, 0.5) is 24.7 Å². The second kappa shape index (κ2) is 6.90. The van der Waals surface area contributed by atoms with Gasteiger partial charge in [-0.1, -0.05) is 30.3 Å². The van der Waals surface area contributed by atoms with E-state index >= 15 is 0 Å². The number of anilines is 1. The van der Waals surface area contributed by atoms with Crippen molar-refractivity contribution in [1.82, 2.24) is 4.98 Å². The topological polar surface area (TPSA) is 98.3 Å². The molecular weight excluding hydrogens is 367 g/mol. The second-order valence-corrected chi connectivity index (χ2v) is 5.32. The molecule has 0 aliphatic heterocycles. The first-order valence-corrected chi connectivity index (χ1v) is 7.45. The van der Waals surface area contributed by atoms with Crippen LogP contribution in [0.3, 0.4) is 0 Å². The van der Waals surface area contributed by atoms with Crippen molar-refractivity contribution in [2.45, 2.75) is 6.18 Å². The minimum Gasteiger partial charge on any atom is -0.434 e. The fraction of sp³-hybridized carbons (Fsp3) is 0.0588. The molecule has 1 aromatic heterocycles. The summed E-state index contributed by atoms with van der Waals surface area (Å²) in [6, 6.07) is 13.2. The van der Waals surface area contributed by atoms with Crippen molar-refractivity contribution in [3.05, 3.63) is 64.7 Å². The molecule has 3 aromatic rings. The Labute approximate surface area is 149 Å². The zero-order valence-electron chi connectivity index (χ0n) is 13.4. The highest BCUT2D eigenvalue weighted by Crippen LogP contribution is 2.34. The van der Waals surface area contributed by atoms with E-state index in [4.69, 9.17) is 4.42 Å². The van der Waals surface area contributed by atoms with Crippen LogP contribution in [0.1, 0.15) is 0 Å². The van der Waals surface area contributed by atoms with Gasteiger partial charge in [0.2, 0.25) is 5.89 Å². The zero-order chi connectivity index (χ0) is 19.6. The number of nitro benzene ring substituents is 1. The maximum Gasteiger partial charge on any atom is 0.471 e. The number of hydrogen-bond donors (Lipinski definition) is 1. The van der Waals surface area contributed by atoms with Gasteiger partial charge in [0, 0.05) is 23.3 Å². The number of nitro groups is 1. The van der Waals surface area contributed by atoms with Crippen molar-refractivity contribution in [1.29, 1.82) is 0 Å². The van der Waals surface area contributed by atoms with E-state index in [-0.39, 0.29) is 17.3 Å². The van der Waals surface area contributed by atoms with Crippen LogP contribution in [0.25, 0.3) is 22.8 Å². The first-order chi connectivity index (χ1) is 12.8. The van der Waals surface area contributed by atoms with Crippen molar-refractivity contribution in [2.75, 3.05) is 5.32 Å². The lowest BCUT2D eigenvalue weighted by atomic mass is 10.2. The van der Waals surface area contributed by atoms with Crippen molar-refractivity contribution < 1.29 is 27.3 Å². The smallest absolute Gasteiger partial charge is 0.434 e. The summed E-state index contributed by atoms with van der Waals surface area (Å²) in [4.78, 5) is 25.3. The molecule has 7 nitrogen and oxygen atoms in total. The third kappa shape index (κ3) is 3.94. The van der Waals surface area contributed by atoms with E-state index in [1.165, 1.54) is 24.3 Å². The molecule has 0 bridgehead atoms. The van der Waals surface area contributed by atoms with Gasteiger partial charge >= 0.3 is 12.1 Å². The molecule has 2 aromatic carbocycles. The van der Waals surface area contributed by atoms with Crippen molar-refractivity contribution >= 4 is 17.4 Å². The number of oxazole rings is 1. The fourth-order valence-electron chi connectivity index (χ4n) is 2.22. The zero-order valence-corrected chi connectivity index (χ0v) is 13.4. The number of non-ortho nitro benzene ring substituents is 1. The number of halogens is 3. The lowest BCUT2D eigenvalue weighted by Crippen LogP contribution is -2.30. The van der Waals surface area contributed by atoms with Crippen molar-refractivity contribution in [3.63, 3.8) is 0 Å². The average molecular weight is 377 g/mol. The molecular formula is C17H10F3N3O4. The lowest BCUT2D eigenvalue weighted by Gasteiger charge is -2.06. The molecule has 0 unspecified atom stereocenters. The molecule has 0 spiro atoms. The molecule has 0 radical (unpaired) electrons. The SMILES string of the molecule is O=C(Nc1nc(-c2ccc([N+](=O)[O-])cc2)oc1-c1ccccc1)C(F)(F)F. The number of benzene rings is 2. The molecule has 1 heterocycles. The van der Waals surface area contributed by atoms with Gasteiger partial charge in [-0.05, 0) is 12.1 Å². The van der Waals surface area contributed by atoms with Crippen LogP contribution in [-0.4, -0.2) is 22.0 Å². The monoisotopic (exact) mass is 377 g/mol. The molecule has 0 atom stereocenters. The predicted octanol–water partition coefficient (Wildman–Crippen LogP) is 4.42. The quantitative estimate of drug-likeness (QED) is 0.536. The van der Waals surface area contributed by atoms with Crippen LogP contribution in [0.5, 0.6) is 0 Å². The highest BCUT2D eigenvalue weighted by molar-refractivity contribution is 5.97. The second-order valence-electron chi connectivity index (χ2n) is 5.32. The van der Waals surface area contributed by atoms with E-state index in [0.717, 1.165) is 0 Å². The number of aromatic nitrogens is 1. The van der Waals surface area contributed by atoms with Gasteiger partial charge in [-0.15, -0.1) is 0 Å². The molecule has 0 fully saturated rings. The van der Waals surface area contributed by atoms with E-state index < -0.39 is 22.8 Å². The summed E-state index contributed by atoms with van der Waals surface area (Å²) in [5, 5.41) is 12.4. The largest absolute Gasteiger partial charge is 0.471 e. The third-order valence-corrected chi connectivity index (χ3v) is 3.48. The summed E-state index contributed by atoms with van der Waals surface area (Å²) >= 11 is 0. The van der Waals surface area contributed by atoms with Gasteiger partial charge in [0.15, 0.2) is 11.6 Å². The molecule has 10 heteroatoms. The molecule has 0 aliphatic carbocycles. The maximum atomic E-state index is 12.6. The van der Waals surface area contributed by atoms with Gasteiger partial charge in [-0.25, -0.2) is 0 Å². The molecule has 1 amide bonds. The minimum absolute atomic E-state index is 0.0680. The predicted molar refractivity (Wildman–Crippen MR) is 88.7 cm³/mol. The van der Waals surface area contributed by atoms with Gasteiger partial charge in [0.1, 0.15) is 0 Å². The molecule has 1 N–H and O–H groups in total. The summed E-state index contributed by atoms with van der Waals surface area (Å²) in [6.07, 6.45) is -5.10.